The molecule has 1 rings (SSSR count). The number of nitrogens with one attached hydrogen (secondary N) is 1. The zero-order chi connectivity index (χ0) is 19.1. The van der Waals surface area contributed by atoms with Gasteiger partial charge in [0.1, 0.15) is 6.10 Å². The van der Waals surface area contributed by atoms with Gasteiger partial charge < -0.3 is 14.5 Å². The molecule has 1 aromatic carbocycles. The molecule has 0 saturated carbocycles. The van der Waals surface area contributed by atoms with E-state index in [0.717, 1.165) is 5.56 Å². The van der Waals surface area contributed by atoms with Crippen LogP contribution in [0.25, 0.3) is 0 Å². The number of methoxy groups -OCH3 is 1. The summed E-state index contributed by atoms with van der Waals surface area (Å²) in [4.78, 5) is 24.1. The van der Waals surface area contributed by atoms with Gasteiger partial charge in [-0.3, -0.25) is 4.79 Å². The molecule has 0 saturated heterocycles. The summed E-state index contributed by atoms with van der Waals surface area (Å²) in [6, 6.07) is 9.71. The van der Waals surface area contributed by atoms with E-state index < -0.39 is 20.4 Å². The van der Waals surface area contributed by atoms with Gasteiger partial charge >= 0.3 is 5.97 Å². The van der Waals surface area contributed by atoms with Gasteiger partial charge in [0.2, 0.25) is 5.91 Å². The van der Waals surface area contributed by atoms with Crippen molar-refractivity contribution in [2.75, 3.05) is 7.11 Å². The third-order valence-corrected chi connectivity index (χ3v) is 9.16. The Labute approximate surface area is 152 Å². The van der Waals surface area contributed by atoms with Crippen LogP contribution in [-0.4, -0.2) is 33.4 Å². The summed E-state index contributed by atoms with van der Waals surface area (Å²) in [6.45, 7) is 11.0. The van der Waals surface area contributed by atoms with Gasteiger partial charge in [-0.25, -0.2) is 4.79 Å². The van der Waals surface area contributed by atoms with Crippen molar-refractivity contribution in [1.29, 1.82) is 0 Å². The Balaban J connectivity index is 2.58. The molecular formula is C19H31NO4Si. The summed E-state index contributed by atoms with van der Waals surface area (Å²) < 4.78 is 11.0. The number of hydrogen-bond donors (Lipinski definition) is 1. The predicted molar refractivity (Wildman–Crippen MR) is 102 cm³/mol. The van der Waals surface area contributed by atoms with Crippen LogP contribution in [0, 0.1) is 0 Å². The molecule has 5 nitrogen and oxygen atoms in total. The first kappa shape index (κ1) is 21.4. The number of carbonyl (C=O) groups is 2. The van der Waals surface area contributed by atoms with Crippen LogP contribution in [0.5, 0.6) is 0 Å². The fraction of sp³-hybridized carbons (Fsp3) is 0.579. The lowest BCUT2D eigenvalue weighted by Crippen LogP contribution is -2.46. The molecule has 0 fully saturated rings. The molecule has 0 radical (unpaired) electrons. The normalized spacial score (nSPS) is 13.2. The minimum absolute atomic E-state index is 0.0190. The van der Waals surface area contributed by atoms with E-state index in [-0.39, 0.29) is 17.4 Å². The first-order chi connectivity index (χ1) is 11.6. The van der Waals surface area contributed by atoms with Gasteiger partial charge in [-0.2, -0.15) is 0 Å². The molecule has 1 N–H and O–H groups in total. The number of carbonyl (C=O) groups excluding carboxylic acids is 2. The minimum atomic E-state index is -2.12. The van der Waals surface area contributed by atoms with Crippen molar-refractivity contribution in [2.24, 2.45) is 0 Å². The second-order valence-corrected chi connectivity index (χ2v) is 12.4. The maximum absolute atomic E-state index is 12.1. The molecule has 0 aliphatic heterocycles. The fourth-order valence-electron chi connectivity index (χ4n) is 2.04. The molecule has 0 spiro atoms. The molecule has 6 heteroatoms. The summed E-state index contributed by atoms with van der Waals surface area (Å²) in [5, 5.41) is 2.85. The Morgan fingerprint density at radius 2 is 1.76 bits per heavy atom. The molecule has 1 atom stereocenters. The Morgan fingerprint density at radius 1 is 1.16 bits per heavy atom. The van der Waals surface area contributed by atoms with Crippen LogP contribution >= 0.6 is 0 Å². The highest BCUT2D eigenvalue weighted by Crippen LogP contribution is 2.37. The smallest absolute Gasteiger partial charge is 0.333 e. The molecular weight excluding hydrogens is 334 g/mol. The van der Waals surface area contributed by atoms with Gasteiger partial charge in [0.15, 0.2) is 8.32 Å². The highest BCUT2D eigenvalue weighted by atomic mass is 28.4. The quantitative estimate of drug-likeness (QED) is 0.564. The molecule has 1 aromatic rings. The summed E-state index contributed by atoms with van der Waals surface area (Å²) in [6.07, 6.45) is -0.158. The molecule has 0 heterocycles. The SMILES string of the molecule is COC(=O)[C@H](CCC(=O)NCc1ccccc1)O[Si](C)(C)C(C)(C)C. The number of amides is 1. The Morgan fingerprint density at radius 3 is 2.28 bits per heavy atom. The third kappa shape index (κ3) is 7.00. The number of benzene rings is 1. The summed E-state index contributed by atoms with van der Waals surface area (Å²) >= 11 is 0. The maximum atomic E-state index is 12.1. The highest BCUT2D eigenvalue weighted by Gasteiger charge is 2.41. The van der Waals surface area contributed by atoms with Crippen molar-refractivity contribution in [1.82, 2.24) is 5.32 Å². The van der Waals surface area contributed by atoms with Crippen molar-refractivity contribution in [3.05, 3.63) is 35.9 Å². The van der Waals surface area contributed by atoms with E-state index in [1.165, 1.54) is 7.11 Å². The average Bonchev–Trinajstić information content (AvgIpc) is 2.55. The lowest BCUT2D eigenvalue weighted by atomic mass is 10.2. The molecule has 0 unspecified atom stereocenters. The van der Waals surface area contributed by atoms with E-state index in [2.05, 4.69) is 39.2 Å². The standard InChI is InChI=1S/C19H31NO4Si/c1-19(2,3)25(5,6)24-16(18(22)23-4)12-13-17(21)20-14-15-10-8-7-9-11-15/h7-11,16H,12-14H2,1-6H3,(H,20,21)/t16-/m0/s1. The van der Waals surface area contributed by atoms with Crippen molar-refractivity contribution >= 4 is 20.2 Å². The van der Waals surface area contributed by atoms with E-state index in [0.29, 0.717) is 13.0 Å². The zero-order valence-corrected chi connectivity index (χ0v) is 17.2. The van der Waals surface area contributed by atoms with Crippen LogP contribution in [0.4, 0.5) is 0 Å². The topological polar surface area (TPSA) is 64.6 Å². The van der Waals surface area contributed by atoms with E-state index >= 15 is 0 Å². The lowest BCUT2D eigenvalue weighted by molar-refractivity contribution is -0.149. The first-order valence-electron chi connectivity index (χ1n) is 8.63. The summed E-state index contributed by atoms with van der Waals surface area (Å²) in [5.41, 5.74) is 1.04. The van der Waals surface area contributed by atoms with Crippen LogP contribution in [0.3, 0.4) is 0 Å². The molecule has 1 amide bonds. The van der Waals surface area contributed by atoms with Crippen LogP contribution in [0.15, 0.2) is 30.3 Å². The van der Waals surface area contributed by atoms with Crippen LogP contribution in [0.1, 0.15) is 39.2 Å². The second kappa shape index (κ2) is 9.15. The van der Waals surface area contributed by atoms with Gasteiger partial charge in [-0.15, -0.1) is 0 Å². The van der Waals surface area contributed by atoms with E-state index in [4.69, 9.17) is 9.16 Å². The molecule has 0 aliphatic carbocycles. The van der Waals surface area contributed by atoms with Gasteiger partial charge in [0, 0.05) is 13.0 Å². The number of rotatable bonds is 8. The molecule has 0 bridgehead atoms. The van der Waals surface area contributed by atoms with Crippen LogP contribution in [-0.2, 0) is 25.3 Å². The van der Waals surface area contributed by atoms with Crippen molar-refractivity contribution in [2.45, 2.75) is 64.4 Å². The number of ether oxygens (including phenoxy) is 1. The highest BCUT2D eigenvalue weighted by molar-refractivity contribution is 6.74. The van der Waals surface area contributed by atoms with Crippen LogP contribution in [0.2, 0.25) is 18.1 Å². The Kier molecular flexibility index (Phi) is 7.83. The summed E-state index contributed by atoms with van der Waals surface area (Å²) in [7, 11) is -0.776. The van der Waals surface area contributed by atoms with Crippen molar-refractivity contribution < 1.29 is 18.8 Å². The van der Waals surface area contributed by atoms with Crippen molar-refractivity contribution in [3.63, 3.8) is 0 Å². The second-order valence-electron chi connectivity index (χ2n) is 7.69. The number of esters is 1. The molecule has 25 heavy (non-hydrogen) atoms. The first-order valence-corrected chi connectivity index (χ1v) is 11.5. The third-order valence-electron chi connectivity index (χ3n) is 4.67. The van der Waals surface area contributed by atoms with Gasteiger partial charge in [0.05, 0.1) is 7.11 Å². The minimum Gasteiger partial charge on any atom is -0.467 e. The van der Waals surface area contributed by atoms with Crippen molar-refractivity contribution in [3.8, 4) is 0 Å². The lowest BCUT2D eigenvalue weighted by Gasteiger charge is -2.38. The van der Waals surface area contributed by atoms with Crippen LogP contribution < -0.4 is 5.32 Å². The van der Waals surface area contributed by atoms with E-state index in [1.54, 1.807) is 0 Å². The maximum Gasteiger partial charge on any atom is 0.333 e. The van der Waals surface area contributed by atoms with Gasteiger partial charge in [-0.1, -0.05) is 51.1 Å². The molecule has 140 valence electrons. The Bertz CT molecular complexity index is 567. The van der Waals surface area contributed by atoms with Gasteiger partial charge in [-0.05, 0) is 30.1 Å². The number of hydrogen-bond acceptors (Lipinski definition) is 4. The van der Waals surface area contributed by atoms with Gasteiger partial charge in [0.25, 0.3) is 0 Å². The van der Waals surface area contributed by atoms with E-state index in [1.807, 2.05) is 30.3 Å². The van der Waals surface area contributed by atoms with E-state index in [9.17, 15) is 9.59 Å². The molecule has 0 aliphatic rings. The average molecular weight is 366 g/mol. The zero-order valence-electron chi connectivity index (χ0n) is 16.2. The molecule has 0 aromatic heterocycles. The largest absolute Gasteiger partial charge is 0.467 e. The summed E-state index contributed by atoms with van der Waals surface area (Å²) in [5.74, 6) is -0.516. The predicted octanol–water partition coefficient (Wildman–Crippen LogP) is 3.65. The fourth-order valence-corrected chi connectivity index (χ4v) is 3.31. The Hall–Kier alpha value is -1.66. The monoisotopic (exact) mass is 365 g/mol.